The first kappa shape index (κ1) is 12.8. The Morgan fingerprint density at radius 2 is 2.33 bits per heavy atom. The molecule has 2 heterocycles. The molecule has 5 nitrogen and oxygen atoms in total. The Hall–Kier alpha value is -1.69. The third-order valence-electron chi connectivity index (χ3n) is 2.65. The SMILES string of the molecule is CCCCCNC(=O)c1cnc2sccn2c1=O. The van der Waals surface area contributed by atoms with Crippen molar-refractivity contribution in [2.75, 3.05) is 6.54 Å². The van der Waals surface area contributed by atoms with E-state index in [9.17, 15) is 9.59 Å². The molecule has 0 unspecified atom stereocenters. The molecule has 2 aromatic rings. The molecule has 2 rings (SSSR count). The lowest BCUT2D eigenvalue weighted by molar-refractivity contribution is 0.0951. The van der Waals surface area contributed by atoms with Crippen molar-refractivity contribution in [3.8, 4) is 0 Å². The lowest BCUT2D eigenvalue weighted by Gasteiger charge is -2.04. The Labute approximate surface area is 108 Å². The number of carbonyl (C=O) groups excluding carboxylic acids is 1. The minimum Gasteiger partial charge on any atom is -0.352 e. The van der Waals surface area contributed by atoms with Crippen LogP contribution in [0.5, 0.6) is 0 Å². The second-order valence-electron chi connectivity index (χ2n) is 4.00. The van der Waals surface area contributed by atoms with E-state index >= 15 is 0 Å². The summed E-state index contributed by atoms with van der Waals surface area (Å²) < 4.78 is 1.39. The minimum absolute atomic E-state index is 0.0994. The number of aromatic nitrogens is 2. The van der Waals surface area contributed by atoms with Gasteiger partial charge in [-0.2, -0.15) is 0 Å². The maximum atomic E-state index is 12.0. The number of thiazole rings is 1. The lowest BCUT2D eigenvalue weighted by Crippen LogP contribution is -2.31. The van der Waals surface area contributed by atoms with Gasteiger partial charge in [-0.15, -0.1) is 11.3 Å². The van der Waals surface area contributed by atoms with Crippen LogP contribution in [0.2, 0.25) is 0 Å². The standard InChI is InChI=1S/C12H15N3O2S/c1-2-3-4-5-13-10(16)9-8-14-12-15(11(9)17)6-7-18-12/h6-8H,2-5H2,1H3,(H,13,16). The number of hydrogen-bond donors (Lipinski definition) is 1. The number of nitrogens with zero attached hydrogens (tertiary/aromatic N) is 2. The van der Waals surface area contributed by atoms with Gasteiger partial charge in [0, 0.05) is 24.3 Å². The molecule has 0 saturated heterocycles. The highest BCUT2D eigenvalue weighted by atomic mass is 32.1. The average Bonchev–Trinajstić information content (AvgIpc) is 2.84. The smallest absolute Gasteiger partial charge is 0.271 e. The molecule has 0 aromatic carbocycles. The zero-order chi connectivity index (χ0) is 13.0. The Kier molecular flexibility index (Phi) is 4.09. The van der Waals surface area contributed by atoms with E-state index in [2.05, 4.69) is 17.2 Å². The van der Waals surface area contributed by atoms with Crippen molar-refractivity contribution in [1.82, 2.24) is 14.7 Å². The number of fused-ring (bicyclic) bond motifs is 1. The maximum absolute atomic E-state index is 12.0. The quantitative estimate of drug-likeness (QED) is 0.836. The fourth-order valence-electron chi connectivity index (χ4n) is 1.65. The number of carbonyl (C=O) groups is 1. The molecule has 0 aliphatic rings. The highest BCUT2D eigenvalue weighted by Crippen LogP contribution is 2.05. The van der Waals surface area contributed by atoms with E-state index in [1.165, 1.54) is 21.9 Å². The van der Waals surface area contributed by atoms with Crippen LogP contribution in [0.3, 0.4) is 0 Å². The fourth-order valence-corrected chi connectivity index (χ4v) is 2.33. The molecule has 96 valence electrons. The summed E-state index contributed by atoms with van der Waals surface area (Å²) in [4.78, 5) is 28.5. The Bertz CT molecular complexity index is 603. The van der Waals surface area contributed by atoms with Crippen LogP contribution in [-0.2, 0) is 0 Å². The van der Waals surface area contributed by atoms with Crippen molar-refractivity contribution in [3.63, 3.8) is 0 Å². The number of hydrogen-bond acceptors (Lipinski definition) is 4. The number of amides is 1. The molecule has 1 N–H and O–H groups in total. The lowest BCUT2D eigenvalue weighted by atomic mass is 10.2. The van der Waals surface area contributed by atoms with Gasteiger partial charge in [-0.3, -0.25) is 14.0 Å². The van der Waals surface area contributed by atoms with E-state index in [0.29, 0.717) is 11.5 Å². The molecule has 6 heteroatoms. The molecule has 1 amide bonds. The van der Waals surface area contributed by atoms with Gasteiger partial charge in [0.2, 0.25) is 0 Å². The topological polar surface area (TPSA) is 63.5 Å². The van der Waals surface area contributed by atoms with Gasteiger partial charge in [0.05, 0.1) is 0 Å². The van der Waals surface area contributed by atoms with Crippen LogP contribution >= 0.6 is 11.3 Å². The molecular formula is C12H15N3O2S. The summed E-state index contributed by atoms with van der Waals surface area (Å²) in [5, 5.41) is 4.51. The average molecular weight is 265 g/mol. The minimum atomic E-state index is -0.343. The van der Waals surface area contributed by atoms with Crippen LogP contribution < -0.4 is 10.9 Å². The molecule has 2 aromatic heterocycles. The zero-order valence-electron chi connectivity index (χ0n) is 10.2. The Morgan fingerprint density at radius 1 is 1.50 bits per heavy atom. The van der Waals surface area contributed by atoms with Crippen molar-refractivity contribution in [2.45, 2.75) is 26.2 Å². The molecule has 0 atom stereocenters. The second-order valence-corrected chi connectivity index (χ2v) is 4.87. The summed E-state index contributed by atoms with van der Waals surface area (Å²) in [6.07, 6.45) is 6.08. The van der Waals surface area contributed by atoms with E-state index in [0.717, 1.165) is 19.3 Å². The van der Waals surface area contributed by atoms with Crippen molar-refractivity contribution < 1.29 is 4.79 Å². The number of nitrogens with one attached hydrogen (secondary N) is 1. The van der Waals surface area contributed by atoms with Gasteiger partial charge in [-0.1, -0.05) is 19.8 Å². The third-order valence-corrected chi connectivity index (χ3v) is 3.42. The first-order valence-electron chi connectivity index (χ1n) is 5.97. The van der Waals surface area contributed by atoms with Gasteiger partial charge in [-0.25, -0.2) is 4.98 Å². The van der Waals surface area contributed by atoms with E-state index < -0.39 is 0 Å². The molecule has 0 bridgehead atoms. The second kappa shape index (κ2) is 5.77. The van der Waals surface area contributed by atoms with Crippen LogP contribution in [0.4, 0.5) is 0 Å². The summed E-state index contributed by atoms with van der Waals surface area (Å²) in [5.74, 6) is -0.343. The highest BCUT2D eigenvalue weighted by Gasteiger charge is 2.12. The summed E-state index contributed by atoms with van der Waals surface area (Å²) in [6, 6.07) is 0. The summed E-state index contributed by atoms with van der Waals surface area (Å²) in [6.45, 7) is 2.70. The Balaban J connectivity index is 2.13. The van der Waals surface area contributed by atoms with Gasteiger partial charge < -0.3 is 5.32 Å². The van der Waals surface area contributed by atoms with E-state index in [1.54, 1.807) is 11.6 Å². The molecule has 0 spiro atoms. The van der Waals surface area contributed by atoms with Crippen molar-refractivity contribution >= 4 is 22.2 Å². The Morgan fingerprint density at radius 3 is 3.11 bits per heavy atom. The molecule has 0 saturated carbocycles. The number of unbranched alkanes of at least 4 members (excludes halogenated alkanes) is 2. The van der Waals surface area contributed by atoms with Crippen LogP contribution in [0.25, 0.3) is 4.96 Å². The molecule has 18 heavy (non-hydrogen) atoms. The van der Waals surface area contributed by atoms with Crippen LogP contribution in [0.15, 0.2) is 22.6 Å². The first-order chi connectivity index (χ1) is 8.74. The van der Waals surface area contributed by atoms with Crippen molar-refractivity contribution in [2.24, 2.45) is 0 Å². The van der Waals surface area contributed by atoms with E-state index in [1.807, 2.05) is 0 Å². The maximum Gasteiger partial charge on any atom is 0.271 e. The summed E-state index contributed by atoms with van der Waals surface area (Å²) in [7, 11) is 0. The van der Waals surface area contributed by atoms with E-state index in [4.69, 9.17) is 0 Å². The van der Waals surface area contributed by atoms with Crippen molar-refractivity contribution in [1.29, 1.82) is 0 Å². The molecule has 0 radical (unpaired) electrons. The van der Waals surface area contributed by atoms with Crippen LogP contribution in [0, 0.1) is 0 Å². The van der Waals surface area contributed by atoms with Gasteiger partial charge in [0.1, 0.15) is 5.56 Å². The summed E-state index contributed by atoms with van der Waals surface area (Å²) >= 11 is 1.37. The van der Waals surface area contributed by atoms with Crippen LogP contribution in [0.1, 0.15) is 36.5 Å². The van der Waals surface area contributed by atoms with Crippen molar-refractivity contribution in [3.05, 3.63) is 33.7 Å². The molecular weight excluding hydrogens is 250 g/mol. The molecule has 0 fully saturated rings. The summed E-state index contributed by atoms with van der Waals surface area (Å²) in [5.41, 5.74) is -0.211. The van der Waals surface area contributed by atoms with Gasteiger partial charge in [-0.05, 0) is 6.42 Å². The predicted octanol–water partition coefficient (Wildman–Crippen LogP) is 1.68. The third kappa shape index (κ3) is 2.59. The number of rotatable bonds is 5. The van der Waals surface area contributed by atoms with Gasteiger partial charge in [0.25, 0.3) is 11.5 Å². The molecule has 0 aliphatic heterocycles. The van der Waals surface area contributed by atoms with Gasteiger partial charge in [0.15, 0.2) is 4.96 Å². The largest absolute Gasteiger partial charge is 0.352 e. The predicted molar refractivity (Wildman–Crippen MR) is 71.2 cm³/mol. The zero-order valence-corrected chi connectivity index (χ0v) is 11.0. The molecule has 0 aliphatic carbocycles. The normalized spacial score (nSPS) is 10.7. The highest BCUT2D eigenvalue weighted by molar-refractivity contribution is 7.15. The van der Waals surface area contributed by atoms with E-state index in [-0.39, 0.29) is 17.0 Å². The monoisotopic (exact) mass is 265 g/mol. The first-order valence-corrected chi connectivity index (χ1v) is 6.85. The van der Waals surface area contributed by atoms with Gasteiger partial charge >= 0.3 is 0 Å². The fraction of sp³-hybridized carbons (Fsp3) is 0.417. The van der Waals surface area contributed by atoms with Crippen LogP contribution in [-0.4, -0.2) is 21.8 Å².